The van der Waals surface area contributed by atoms with Crippen molar-refractivity contribution in [3.05, 3.63) is 28.8 Å². The SMILES string of the molecule is COc1cccc(Cl)c1CNCC(C)(C)N1CCOCC1. The summed E-state index contributed by atoms with van der Waals surface area (Å²) in [6.07, 6.45) is 0. The zero-order valence-electron chi connectivity index (χ0n) is 13.1. The zero-order valence-corrected chi connectivity index (χ0v) is 13.9. The molecule has 4 nitrogen and oxygen atoms in total. The molecule has 0 saturated carbocycles. The largest absolute Gasteiger partial charge is 0.496 e. The molecule has 0 atom stereocenters. The van der Waals surface area contributed by atoms with E-state index in [-0.39, 0.29) is 5.54 Å². The minimum Gasteiger partial charge on any atom is -0.496 e. The van der Waals surface area contributed by atoms with Crippen molar-refractivity contribution in [1.29, 1.82) is 0 Å². The summed E-state index contributed by atoms with van der Waals surface area (Å²) in [6, 6.07) is 5.74. The smallest absolute Gasteiger partial charge is 0.124 e. The highest BCUT2D eigenvalue weighted by molar-refractivity contribution is 6.31. The third-order valence-corrected chi connectivity index (χ3v) is 4.38. The molecule has 1 aromatic carbocycles. The van der Waals surface area contributed by atoms with Gasteiger partial charge in [0.1, 0.15) is 5.75 Å². The van der Waals surface area contributed by atoms with Crippen molar-refractivity contribution >= 4 is 11.6 Å². The van der Waals surface area contributed by atoms with Gasteiger partial charge in [-0.1, -0.05) is 17.7 Å². The van der Waals surface area contributed by atoms with Crippen LogP contribution in [0.25, 0.3) is 0 Å². The Bertz CT molecular complexity index is 460. The van der Waals surface area contributed by atoms with E-state index in [1.807, 2.05) is 18.2 Å². The molecule has 0 aliphatic carbocycles. The van der Waals surface area contributed by atoms with Crippen LogP contribution in [0, 0.1) is 0 Å². The average Bonchev–Trinajstić information content (AvgIpc) is 2.49. The van der Waals surface area contributed by atoms with E-state index in [1.54, 1.807) is 7.11 Å². The normalized spacial score (nSPS) is 17.0. The summed E-state index contributed by atoms with van der Waals surface area (Å²) in [7, 11) is 1.67. The average molecular weight is 313 g/mol. The highest BCUT2D eigenvalue weighted by Gasteiger charge is 2.27. The van der Waals surface area contributed by atoms with E-state index in [0.29, 0.717) is 6.54 Å². The number of benzene rings is 1. The molecule has 1 N–H and O–H groups in total. The fourth-order valence-corrected chi connectivity index (χ4v) is 2.91. The number of nitrogens with zero attached hydrogens (tertiary/aromatic N) is 1. The predicted octanol–water partition coefficient (Wildman–Crippen LogP) is 2.55. The van der Waals surface area contributed by atoms with Crippen LogP contribution in [-0.2, 0) is 11.3 Å². The van der Waals surface area contributed by atoms with Crippen LogP contribution in [-0.4, -0.2) is 50.4 Å². The molecule has 118 valence electrons. The Morgan fingerprint density at radius 1 is 1.33 bits per heavy atom. The zero-order chi connectivity index (χ0) is 15.3. The van der Waals surface area contributed by atoms with Gasteiger partial charge in [-0.05, 0) is 26.0 Å². The van der Waals surface area contributed by atoms with E-state index in [4.69, 9.17) is 21.1 Å². The maximum absolute atomic E-state index is 6.26. The quantitative estimate of drug-likeness (QED) is 0.875. The minimum atomic E-state index is 0.0955. The summed E-state index contributed by atoms with van der Waals surface area (Å²) in [6.45, 7) is 9.74. The molecule has 0 amide bonds. The number of morpholine rings is 1. The lowest BCUT2D eigenvalue weighted by Gasteiger charge is -2.41. The van der Waals surface area contributed by atoms with Crippen LogP contribution in [0.4, 0.5) is 0 Å². The molecule has 21 heavy (non-hydrogen) atoms. The summed E-state index contributed by atoms with van der Waals surface area (Å²) in [4.78, 5) is 2.47. The number of methoxy groups -OCH3 is 1. The molecule has 1 aliphatic rings. The molecule has 0 spiro atoms. The van der Waals surface area contributed by atoms with Crippen molar-refractivity contribution in [3.63, 3.8) is 0 Å². The molecule has 1 aromatic rings. The van der Waals surface area contributed by atoms with Gasteiger partial charge in [0.15, 0.2) is 0 Å². The standard InChI is InChI=1S/C16H25ClN2O2/c1-16(2,19-7-9-21-10-8-19)12-18-11-13-14(17)5-4-6-15(13)20-3/h4-6,18H,7-12H2,1-3H3. The van der Waals surface area contributed by atoms with Crippen molar-refractivity contribution in [2.24, 2.45) is 0 Å². The molecular formula is C16H25ClN2O2. The summed E-state index contributed by atoms with van der Waals surface area (Å²) in [5.41, 5.74) is 1.11. The molecule has 0 bridgehead atoms. The Morgan fingerprint density at radius 2 is 2.05 bits per heavy atom. The molecule has 1 saturated heterocycles. The van der Waals surface area contributed by atoms with Crippen LogP contribution < -0.4 is 10.1 Å². The first-order valence-electron chi connectivity index (χ1n) is 7.39. The lowest BCUT2D eigenvalue weighted by atomic mass is 10.0. The number of hydrogen-bond acceptors (Lipinski definition) is 4. The maximum atomic E-state index is 6.26. The number of rotatable bonds is 6. The third kappa shape index (κ3) is 4.33. The third-order valence-electron chi connectivity index (χ3n) is 4.02. The molecule has 2 rings (SSSR count). The predicted molar refractivity (Wildman–Crippen MR) is 86.2 cm³/mol. The van der Waals surface area contributed by atoms with Crippen LogP contribution in [0.2, 0.25) is 5.02 Å². The Hall–Kier alpha value is -0.810. The van der Waals surface area contributed by atoms with E-state index in [9.17, 15) is 0 Å². The summed E-state index contributed by atoms with van der Waals surface area (Å²) >= 11 is 6.26. The van der Waals surface area contributed by atoms with Crippen LogP contribution >= 0.6 is 11.6 Å². The van der Waals surface area contributed by atoms with Crippen molar-refractivity contribution in [2.45, 2.75) is 25.9 Å². The molecule has 0 radical (unpaired) electrons. The minimum absolute atomic E-state index is 0.0955. The first-order valence-corrected chi connectivity index (χ1v) is 7.77. The first-order chi connectivity index (χ1) is 10.0. The van der Waals surface area contributed by atoms with Gasteiger partial charge in [-0.2, -0.15) is 0 Å². The number of ether oxygens (including phenoxy) is 2. The van der Waals surface area contributed by atoms with E-state index in [2.05, 4.69) is 24.1 Å². The van der Waals surface area contributed by atoms with Crippen molar-refractivity contribution in [1.82, 2.24) is 10.2 Å². The molecule has 1 aliphatic heterocycles. The van der Waals surface area contributed by atoms with Crippen molar-refractivity contribution < 1.29 is 9.47 Å². The van der Waals surface area contributed by atoms with Gasteiger partial charge in [-0.15, -0.1) is 0 Å². The lowest BCUT2D eigenvalue weighted by molar-refractivity contribution is -0.00967. The summed E-state index contributed by atoms with van der Waals surface area (Å²) in [5, 5.41) is 4.25. The molecular weight excluding hydrogens is 288 g/mol. The number of nitrogens with one attached hydrogen (secondary N) is 1. The molecule has 5 heteroatoms. The van der Waals surface area contributed by atoms with Gasteiger partial charge < -0.3 is 14.8 Å². The fourth-order valence-electron chi connectivity index (χ4n) is 2.68. The first kappa shape index (κ1) is 16.6. The molecule has 1 fully saturated rings. The maximum Gasteiger partial charge on any atom is 0.124 e. The van der Waals surface area contributed by atoms with Crippen LogP contribution in [0.1, 0.15) is 19.4 Å². The Morgan fingerprint density at radius 3 is 2.71 bits per heavy atom. The van der Waals surface area contributed by atoms with Crippen molar-refractivity contribution in [3.8, 4) is 5.75 Å². The monoisotopic (exact) mass is 312 g/mol. The highest BCUT2D eigenvalue weighted by Crippen LogP contribution is 2.26. The van der Waals surface area contributed by atoms with Gasteiger partial charge in [0.05, 0.1) is 20.3 Å². The van der Waals surface area contributed by atoms with Crippen LogP contribution in [0.15, 0.2) is 18.2 Å². The number of hydrogen-bond donors (Lipinski definition) is 1. The molecule has 1 heterocycles. The van der Waals surface area contributed by atoms with E-state index >= 15 is 0 Å². The Balaban J connectivity index is 1.91. The topological polar surface area (TPSA) is 33.7 Å². The second-order valence-electron chi connectivity index (χ2n) is 5.94. The van der Waals surface area contributed by atoms with Crippen LogP contribution in [0.5, 0.6) is 5.75 Å². The Kier molecular flexibility index (Phi) is 5.88. The van der Waals surface area contributed by atoms with Gasteiger partial charge >= 0.3 is 0 Å². The lowest BCUT2D eigenvalue weighted by Crippen LogP contribution is -2.54. The molecule has 0 aromatic heterocycles. The van der Waals surface area contributed by atoms with Gasteiger partial charge in [0.25, 0.3) is 0 Å². The highest BCUT2D eigenvalue weighted by atomic mass is 35.5. The van der Waals surface area contributed by atoms with Crippen molar-refractivity contribution in [2.75, 3.05) is 40.0 Å². The Labute approximate surface area is 132 Å². The summed E-state index contributed by atoms with van der Waals surface area (Å²) < 4.78 is 10.8. The van der Waals surface area contributed by atoms with E-state index in [1.165, 1.54) is 0 Å². The van der Waals surface area contributed by atoms with Crippen LogP contribution in [0.3, 0.4) is 0 Å². The second kappa shape index (κ2) is 7.45. The van der Waals surface area contributed by atoms with Gasteiger partial charge in [0.2, 0.25) is 0 Å². The number of halogens is 1. The summed E-state index contributed by atoms with van der Waals surface area (Å²) in [5.74, 6) is 0.833. The van der Waals surface area contributed by atoms with Gasteiger partial charge in [0, 0.05) is 42.3 Å². The van der Waals surface area contributed by atoms with Gasteiger partial charge in [-0.25, -0.2) is 0 Å². The van der Waals surface area contributed by atoms with Gasteiger partial charge in [-0.3, -0.25) is 4.90 Å². The fraction of sp³-hybridized carbons (Fsp3) is 0.625. The molecule has 0 unspecified atom stereocenters. The second-order valence-corrected chi connectivity index (χ2v) is 6.34. The van der Waals surface area contributed by atoms with E-state index < -0.39 is 0 Å². The van der Waals surface area contributed by atoms with E-state index in [0.717, 1.165) is 49.2 Å².